The average Bonchev–Trinajstić information content (AvgIpc) is 2.83. The summed E-state index contributed by atoms with van der Waals surface area (Å²) in [4.78, 5) is 4.08. The fourth-order valence-corrected chi connectivity index (χ4v) is 2.52. The first kappa shape index (κ1) is 16.6. The van der Waals surface area contributed by atoms with Crippen molar-refractivity contribution in [3.8, 4) is 0 Å². The van der Waals surface area contributed by atoms with Crippen LogP contribution in [-0.2, 0) is 0 Å². The summed E-state index contributed by atoms with van der Waals surface area (Å²) in [5.74, 6) is 0.998. The molecule has 0 amide bonds. The lowest BCUT2D eigenvalue weighted by molar-refractivity contribution is 0.497. The van der Waals surface area contributed by atoms with E-state index in [9.17, 15) is 0 Å². The van der Waals surface area contributed by atoms with Crippen molar-refractivity contribution >= 4 is 29.5 Å². The normalized spacial score (nSPS) is 16.8. The highest BCUT2D eigenvalue weighted by molar-refractivity contribution is 6.24. The molecular weight excluding hydrogens is 294 g/mol. The Hall–Kier alpha value is -1.80. The molecule has 2 aromatic rings. The zero-order valence-electron chi connectivity index (χ0n) is 13.6. The molecule has 3 rings (SSSR count). The summed E-state index contributed by atoms with van der Waals surface area (Å²) >= 11 is 6.00. The molecule has 1 aromatic heterocycles. The van der Waals surface area contributed by atoms with Gasteiger partial charge in [-0.2, -0.15) is 0 Å². The Labute approximate surface area is 136 Å². The second kappa shape index (κ2) is 7.46. The standard InChI is InChI=1S/C10H11ClO.C9H11N/c1-6-7(2)12-10-4-3-8(11)5-9(6)10;1-8(10-2)9-6-4-3-5-7-9/h4-5,8H,3H2,1-2H3;3-7H,1-2H3. The number of aliphatic imine (C=N–C) groups is 1. The summed E-state index contributed by atoms with van der Waals surface area (Å²) in [5.41, 5.74) is 4.49. The highest BCUT2D eigenvalue weighted by Crippen LogP contribution is 2.08. The average molecular weight is 316 g/mol. The molecule has 0 saturated heterocycles. The van der Waals surface area contributed by atoms with Gasteiger partial charge in [0, 0.05) is 18.0 Å². The van der Waals surface area contributed by atoms with Crippen molar-refractivity contribution < 1.29 is 4.42 Å². The third-order valence-corrected chi connectivity index (χ3v) is 4.17. The molecule has 22 heavy (non-hydrogen) atoms. The minimum atomic E-state index is 0.133. The van der Waals surface area contributed by atoms with Crippen LogP contribution in [-0.4, -0.2) is 18.1 Å². The molecule has 1 aliphatic rings. The van der Waals surface area contributed by atoms with Gasteiger partial charge < -0.3 is 4.42 Å². The Morgan fingerprint density at radius 3 is 2.55 bits per heavy atom. The van der Waals surface area contributed by atoms with Gasteiger partial charge in [0.15, 0.2) is 0 Å². The molecule has 0 saturated carbocycles. The second-order valence-electron chi connectivity index (χ2n) is 5.36. The lowest BCUT2D eigenvalue weighted by atomic mass is 10.1. The maximum atomic E-state index is 6.00. The summed E-state index contributed by atoms with van der Waals surface area (Å²) < 4.78 is 5.54. The lowest BCUT2D eigenvalue weighted by Crippen LogP contribution is -2.27. The SMILES string of the molecule is CN=C(C)c1ccccc1.Cc1oc2c(c1C)=CC(Cl)CC=2. The molecule has 1 heterocycles. The van der Waals surface area contributed by atoms with Crippen LogP contribution >= 0.6 is 11.6 Å². The van der Waals surface area contributed by atoms with Crippen molar-refractivity contribution in [3.63, 3.8) is 0 Å². The van der Waals surface area contributed by atoms with Crippen LogP contribution in [0.4, 0.5) is 0 Å². The molecule has 116 valence electrons. The van der Waals surface area contributed by atoms with Crippen LogP contribution in [0.15, 0.2) is 39.7 Å². The first-order valence-corrected chi connectivity index (χ1v) is 7.87. The fourth-order valence-electron chi connectivity index (χ4n) is 2.31. The Morgan fingerprint density at radius 2 is 1.91 bits per heavy atom. The van der Waals surface area contributed by atoms with E-state index in [1.807, 2.05) is 39.1 Å². The second-order valence-corrected chi connectivity index (χ2v) is 5.92. The van der Waals surface area contributed by atoms with Crippen molar-refractivity contribution in [3.05, 3.63) is 57.9 Å². The number of alkyl halides is 1. The van der Waals surface area contributed by atoms with Gasteiger partial charge in [0.25, 0.3) is 0 Å². The maximum Gasteiger partial charge on any atom is 0.130 e. The van der Waals surface area contributed by atoms with E-state index in [0.717, 1.165) is 23.3 Å². The highest BCUT2D eigenvalue weighted by Gasteiger charge is 2.09. The fraction of sp³-hybridized carbons (Fsp3) is 0.316. The third-order valence-electron chi connectivity index (χ3n) is 3.86. The van der Waals surface area contributed by atoms with Gasteiger partial charge in [0.2, 0.25) is 0 Å². The van der Waals surface area contributed by atoms with Crippen LogP contribution in [0.5, 0.6) is 0 Å². The molecular formula is C19H22ClNO. The van der Waals surface area contributed by atoms with Gasteiger partial charge in [0.05, 0.1) is 5.38 Å². The van der Waals surface area contributed by atoms with Crippen LogP contribution in [0, 0.1) is 13.8 Å². The van der Waals surface area contributed by atoms with E-state index < -0.39 is 0 Å². The van der Waals surface area contributed by atoms with Crippen LogP contribution in [0.3, 0.4) is 0 Å². The first-order chi connectivity index (χ1) is 10.5. The first-order valence-electron chi connectivity index (χ1n) is 7.44. The van der Waals surface area contributed by atoms with E-state index in [2.05, 4.69) is 36.2 Å². The molecule has 1 aliphatic carbocycles. The van der Waals surface area contributed by atoms with Crippen LogP contribution in [0.2, 0.25) is 0 Å². The zero-order chi connectivity index (χ0) is 16.1. The third kappa shape index (κ3) is 3.89. The number of nitrogens with zero attached hydrogens (tertiary/aromatic N) is 1. The predicted molar refractivity (Wildman–Crippen MR) is 95.2 cm³/mol. The number of halogens is 1. The molecule has 2 nitrogen and oxygen atoms in total. The van der Waals surface area contributed by atoms with Crippen molar-refractivity contribution in [1.29, 1.82) is 0 Å². The Balaban J connectivity index is 0.000000164. The molecule has 1 atom stereocenters. The topological polar surface area (TPSA) is 25.5 Å². The van der Waals surface area contributed by atoms with E-state index in [1.54, 1.807) is 0 Å². The number of aryl methyl sites for hydroxylation is 1. The van der Waals surface area contributed by atoms with Crippen molar-refractivity contribution in [2.24, 2.45) is 4.99 Å². The zero-order valence-corrected chi connectivity index (χ0v) is 14.3. The van der Waals surface area contributed by atoms with Gasteiger partial charge in [-0.25, -0.2) is 0 Å². The number of rotatable bonds is 1. The molecule has 0 radical (unpaired) electrons. The monoisotopic (exact) mass is 315 g/mol. The largest absolute Gasteiger partial charge is 0.461 e. The summed E-state index contributed by atoms with van der Waals surface area (Å²) in [6.45, 7) is 6.06. The lowest BCUT2D eigenvalue weighted by Gasteiger charge is -2.01. The van der Waals surface area contributed by atoms with Crippen molar-refractivity contribution in [2.75, 3.05) is 7.05 Å². The van der Waals surface area contributed by atoms with Crippen LogP contribution < -0.4 is 10.6 Å². The van der Waals surface area contributed by atoms with E-state index in [4.69, 9.17) is 16.0 Å². The van der Waals surface area contributed by atoms with E-state index in [0.29, 0.717) is 0 Å². The highest BCUT2D eigenvalue weighted by atomic mass is 35.5. The molecule has 1 unspecified atom stereocenters. The summed E-state index contributed by atoms with van der Waals surface area (Å²) in [6.07, 6.45) is 5.01. The van der Waals surface area contributed by atoms with E-state index in [-0.39, 0.29) is 5.38 Å². The van der Waals surface area contributed by atoms with Crippen molar-refractivity contribution in [1.82, 2.24) is 0 Å². The minimum absolute atomic E-state index is 0.133. The molecule has 0 fully saturated rings. The smallest absolute Gasteiger partial charge is 0.130 e. The van der Waals surface area contributed by atoms with E-state index in [1.165, 1.54) is 16.3 Å². The summed E-state index contributed by atoms with van der Waals surface area (Å²) in [6, 6.07) is 10.2. The van der Waals surface area contributed by atoms with Gasteiger partial charge in [-0.1, -0.05) is 36.4 Å². The number of furan rings is 1. The molecule has 0 N–H and O–H groups in total. The Bertz CT molecular complexity index is 772. The van der Waals surface area contributed by atoms with Crippen molar-refractivity contribution in [2.45, 2.75) is 32.6 Å². The molecule has 0 spiro atoms. The van der Waals surface area contributed by atoms with Gasteiger partial charge in [-0.3, -0.25) is 4.99 Å². The van der Waals surface area contributed by atoms with Gasteiger partial charge in [-0.15, -0.1) is 11.6 Å². The molecule has 0 bridgehead atoms. The Morgan fingerprint density at radius 1 is 1.23 bits per heavy atom. The van der Waals surface area contributed by atoms with Crippen LogP contribution in [0.1, 0.15) is 30.2 Å². The Kier molecular flexibility index (Phi) is 5.62. The molecule has 3 heteroatoms. The summed E-state index contributed by atoms with van der Waals surface area (Å²) in [7, 11) is 1.81. The van der Waals surface area contributed by atoms with Gasteiger partial charge in [0.1, 0.15) is 11.2 Å². The molecule has 0 aliphatic heterocycles. The maximum absolute atomic E-state index is 6.00. The molecule has 1 aromatic carbocycles. The number of fused-ring (bicyclic) bond motifs is 1. The number of hydrogen-bond donors (Lipinski definition) is 0. The summed E-state index contributed by atoms with van der Waals surface area (Å²) in [5, 5.41) is 1.31. The van der Waals surface area contributed by atoms with E-state index >= 15 is 0 Å². The number of benzene rings is 1. The predicted octanol–water partition coefficient (Wildman–Crippen LogP) is 3.59. The van der Waals surface area contributed by atoms with Crippen LogP contribution in [0.25, 0.3) is 12.2 Å². The van der Waals surface area contributed by atoms with Gasteiger partial charge in [-0.05, 0) is 44.4 Å². The quantitative estimate of drug-likeness (QED) is 0.583. The number of hydrogen-bond acceptors (Lipinski definition) is 2. The van der Waals surface area contributed by atoms with Gasteiger partial charge >= 0.3 is 0 Å². The minimum Gasteiger partial charge on any atom is -0.461 e.